The van der Waals surface area contributed by atoms with Gasteiger partial charge in [0.15, 0.2) is 0 Å². The van der Waals surface area contributed by atoms with Crippen LogP contribution in [0.4, 0.5) is 5.69 Å². The summed E-state index contributed by atoms with van der Waals surface area (Å²) >= 11 is 0. The SMILES string of the molecule is C#CC1CC(=O)N(c2cc(OC)ccc2-n2cccc2)C1. The molecule has 1 amide bonds. The lowest BCUT2D eigenvalue weighted by molar-refractivity contribution is -0.117. The summed E-state index contributed by atoms with van der Waals surface area (Å²) in [5.74, 6) is 3.43. The molecule has 1 aromatic carbocycles. The molecule has 3 rings (SSSR count). The maximum Gasteiger partial charge on any atom is 0.228 e. The molecule has 106 valence electrons. The fourth-order valence-corrected chi connectivity index (χ4v) is 2.61. The molecule has 0 spiro atoms. The molecule has 4 heteroatoms. The largest absolute Gasteiger partial charge is 0.497 e. The van der Waals surface area contributed by atoms with E-state index in [0.717, 1.165) is 17.1 Å². The van der Waals surface area contributed by atoms with Crippen LogP contribution >= 0.6 is 0 Å². The summed E-state index contributed by atoms with van der Waals surface area (Å²) in [5, 5.41) is 0. The second kappa shape index (κ2) is 5.37. The lowest BCUT2D eigenvalue weighted by atomic mass is 10.1. The van der Waals surface area contributed by atoms with Crippen molar-refractivity contribution >= 4 is 11.6 Å². The van der Waals surface area contributed by atoms with E-state index >= 15 is 0 Å². The van der Waals surface area contributed by atoms with E-state index in [1.807, 2.05) is 47.3 Å². The van der Waals surface area contributed by atoms with Crippen molar-refractivity contribution in [1.29, 1.82) is 0 Å². The minimum atomic E-state index is -0.0267. The Balaban J connectivity index is 2.08. The highest BCUT2D eigenvalue weighted by Gasteiger charge is 2.31. The average Bonchev–Trinajstić information content (AvgIpc) is 3.16. The van der Waals surface area contributed by atoms with Crippen molar-refractivity contribution in [2.45, 2.75) is 6.42 Å². The molecule has 1 saturated heterocycles. The molecule has 21 heavy (non-hydrogen) atoms. The molecule has 0 aliphatic carbocycles. The quantitative estimate of drug-likeness (QED) is 0.809. The summed E-state index contributed by atoms with van der Waals surface area (Å²) in [6, 6.07) is 9.61. The molecule has 1 aliphatic rings. The average molecular weight is 280 g/mol. The molecule has 1 fully saturated rings. The van der Waals surface area contributed by atoms with Crippen molar-refractivity contribution in [3.8, 4) is 23.8 Å². The number of hydrogen-bond acceptors (Lipinski definition) is 2. The van der Waals surface area contributed by atoms with E-state index in [4.69, 9.17) is 11.2 Å². The summed E-state index contributed by atoms with van der Waals surface area (Å²) in [5.41, 5.74) is 1.76. The van der Waals surface area contributed by atoms with Gasteiger partial charge in [0.2, 0.25) is 5.91 Å². The molecule has 1 atom stereocenters. The number of rotatable bonds is 3. The smallest absolute Gasteiger partial charge is 0.228 e. The standard InChI is InChI=1S/C17H16N2O2/c1-3-13-10-17(20)19(12-13)16-11-14(21-2)6-7-15(16)18-8-4-5-9-18/h1,4-9,11,13H,10,12H2,2H3. The summed E-state index contributed by atoms with van der Waals surface area (Å²) < 4.78 is 7.27. The van der Waals surface area contributed by atoms with Gasteiger partial charge in [0, 0.05) is 37.3 Å². The van der Waals surface area contributed by atoms with Crippen molar-refractivity contribution in [2.75, 3.05) is 18.6 Å². The highest BCUT2D eigenvalue weighted by molar-refractivity contribution is 5.98. The van der Waals surface area contributed by atoms with Gasteiger partial charge in [-0.05, 0) is 24.3 Å². The van der Waals surface area contributed by atoms with E-state index in [1.165, 1.54) is 0 Å². The van der Waals surface area contributed by atoms with Gasteiger partial charge in [-0.15, -0.1) is 12.3 Å². The number of carbonyl (C=O) groups is 1. The molecule has 1 unspecified atom stereocenters. The molecular formula is C17H16N2O2. The number of benzene rings is 1. The van der Waals surface area contributed by atoms with Crippen LogP contribution < -0.4 is 9.64 Å². The maximum atomic E-state index is 12.2. The minimum Gasteiger partial charge on any atom is -0.497 e. The third kappa shape index (κ3) is 2.38. The molecule has 1 aliphatic heterocycles. The Bertz CT molecular complexity index is 698. The monoisotopic (exact) mass is 280 g/mol. The van der Waals surface area contributed by atoms with Crippen molar-refractivity contribution in [3.05, 3.63) is 42.7 Å². The summed E-state index contributed by atoms with van der Waals surface area (Å²) in [7, 11) is 1.62. The van der Waals surface area contributed by atoms with E-state index in [-0.39, 0.29) is 11.8 Å². The Morgan fingerprint density at radius 3 is 2.67 bits per heavy atom. The van der Waals surface area contributed by atoms with Gasteiger partial charge in [0.1, 0.15) is 5.75 Å². The van der Waals surface area contributed by atoms with Crippen molar-refractivity contribution in [2.24, 2.45) is 5.92 Å². The lowest BCUT2D eigenvalue weighted by Crippen LogP contribution is -2.25. The van der Waals surface area contributed by atoms with Gasteiger partial charge in [-0.3, -0.25) is 4.79 Å². The topological polar surface area (TPSA) is 34.5 Å². The number of aromatic nitrogens is 1. The van der Waals surface area contributed by atoms with Crippen LogP contribution in [0.5, 0.6) is 5.75 Å². The van der Waals surface area contributed by atoms with Gasteiger partial charge in [0.25, 0.3) is 0 Å². The Kier molecular flexibility index (Phi) is 3.41. The molecule has 0 bridgehead atoms. The fraction of sp³-hybridized carbons (Fsp3) is 0.235. The second-order valence-electron chi connectivity index (χ2n) is 5.02. The van der Waals surface area contributed by atoms with E-state index < -0.39 is 0 Å². The van der Waals surface area contributed by atoms with Gasteiger partial charge in [-0.2, -0.15) is 0 Å². The third-order valence-electron chi connectivity index (χ3n) is 3.72. The Morgan fingerprint density at radius 2 is 2.05 bits per heavy atom. The zero-order valence-corrected chi connectivity index (χ0v) is 11.8. The number of ether oxygens (including phenoxy) is 1. The van der Waals surface area contributed by atoms with E-state index in [2.05, 4.69) is 5.92 Å². The van der Waals surface area contributed by atoms with Crippen LogP contribution in [0, 0.1) is 18.3 Å². The predicted octanol–water partition coefficient (Wildman–Crippen LogP) is 2.47. The zero-order valence-electron chi connectivity index (χ0n) is 11.8. The molecule has 0 saturated carbocycles. The number of terminal acetylenes is 1. The van der Waals surface area contributed by atoms with Gasteiger partial charge in [-0.25, -0.2) is 0 Å². The second-order valence-corrected chi connectivity index (χ2v) is 5.02. The summed E-state index contributed by atoms with van der Waals surface area (Å²) in [6.45, 7) is 0.552. The number of hydrogen-bond donors (Lipinski definition) is 0. The summed E-state index contributed by atoms with van der Waals surface area (Å²) in [4.78, 5) is 14.0. The van der Waals surface area contributed by atoms with Crippen LogP contribution in [-0.2, 0) is 4.79 Å². The van der Waals surface area contributed by atoms with Gasteiger partial charge in [0.05, 0.1) is 18.5 Å². The highest BCUT2D eigenvalue weighted by Crippen LogP contribution is 2.33. The van der Waals surface area contributed by atoms with Crippen LogP contribution in [-0.4, -0.2) is 24.1 Å². The van der Waals surface area contributed by atoms with Crippen LogP contribution in [0.3, 0.4) is 0 Å². The highest BCUT2D eigenvalue weighted by atomic mass is 16.5. The van der Waals surface area contributed by atoms with Crippen LogP contribution in [0.2, 0.25) is 0 Å². The van der Waals surface area contributed by atoms with Crippen molar-refractivity contribution < 1.29 is 9.53 Å². The molecule has 1 aromatic heterocycles. The molecule has 4 nitrogen and oxygen atoms in total. The van der Waals surface area contributed by atoms with Gasteiger partial charge >= 0.3 is 0 Å². The normalized spacial score (nSPS) is 17.8. The number of anilines is 1. The van der Waals surface area contributed by atoms with Crippen LogP contribution in [0.1, 0.15) is 6.42 Å². The Morgan fingerprint density at radius 1 is 1.29 bits per heavy atom. The lowest BCUT2D eigenvalue weighted by Gasteiger charge is -2.21. The van der Waals surface area contributed by atoms with Crippen molar-refractivity contribution in [1.82, 2.24) is 4.57 Å². The molecule has 2 aromatic rings. The summed E-state index contributed by atoms with van der Waals surface area (Å²) in [6.07, 6.45) is 9.77. The molecule has 2 heterocycles. The van der Waals surface area contributed by atoms with Gasteiger partial charge in [-0.1, -0.05) is 0 Å². The number of methoxy groups -OCH3 is 1. The van der Waals surface area contributed by atoms with Crippen LogP contribution in [0.15, 0.2) is 42.7 Å². The van der Waals surface area contributed by atoms with Crippen molar-refractivity contribution in [3.63, 3.8) is 0 Å². The first kappa shape index (κ1) is 13.3. The molecule has 0 N–H and O–H groups in total. The zero-order chi connectivity index (χ0) is 14.8. The fourth-order valence-electron chi connectivity index (χ4n) is 2.61. The van der Waals surface area contributed by atoms with E-state index in [0.29, 0.717) is 13.0 Å². The number of amides is 1. The number of carbonyl (C=O) groups excluding carboxylic acids is 1. The maximum absolute atomic E-state index is 12.2. The molecule has 0 radical (unpaired) electrons. The van der Waals surface area contributed by atoms with E-state index in [1.54, 1.807) is 12.0 Å². The third-order valence-corrected chi connectivity index (χ3v) is 3.72. The minimum absolute atomic E-state index is 0.0267. The Labute approximate surface area is 123 Å². The van der Waals surface area contributed by atoms with Crippen LogP contribution in [0.25, 0.3) is 5.69 Å². The first-order valence-corrected chi connectivity index (χ1v) is 6.81. The van der Waals surface area contributed by atoms with Gasteiger partial charge < -0.3 is 14.2 Å². The first-order valence-electron chi connectivity index (χ1n) is 6.81. The number of nitrogens with zero attached hydrogens (tertiary/aromatic N) is 2. The molecular weight excluding hydrogens is 264 g/mol. The Hall–Kier alpha value is -2.67. The van der Waals surface area contributed by atoms with E-state index in [9.17, 15) is 4.79 Å². The predicted molar refractivity (Wildman–Crippen MR) is 81.6 cm³/mol. The first-order chi connectivity index (χ1) is 10.2.